The molecule has 3 rings (SSSR count). The minimum Gasteiger partial charge on any atom is -0.487 e. The quantitative estimate of drug-likeness (QED) is 0.161. The lowest BCUT2D eigenvalue weighted by atomic mass is 10.1. The minimum atomic E-state index is -0.477. The van der Waals surface area contributed by atoms with Crippen molar-refractivity contribution in [3.8, 4) is 5.75 Å². The highest BCUT2D eigenvalue weighted by atomic mass is 127. The van der Waals surface area contributed by atoms with E-state index in [2.05, 4.69) is 55.7 Å². The van der Waals surface area contributed by atoms with Gasteiger partial charge in [0.2, 0.25) is 5.91 Å². The van der Waals surface area contributed by atoms with Crippen LogP contribution in [0.15, 0.2) is 71.8 Å². The predicted molar refractivity (Wildman–Crippen MR) is 135 cm³/mol. The van der Waals surface area contributed by atoms with Gasteiger partial charge in [-0.2, -0.15) is 5.10 Å². The summed E-state index contributed by atoms with van der Waals surface area (Å²) in [5, 5.41) is 14.7. The Morgan fingerprint density at radius 2 is 1.68 bits per heavy atom. The Balaban J connectivity index is 1.56. The van der Waals surface area contributed by atoms with Crippen LogP contribution < -0.4 is 10.2 Å². The van der Waals surface area contributed by atoms with Gasteiger partial charge < -0.3 is 4.74 Å². The number of hydrogen-bond acceptors (Lipinski definition) is 5. The Morgan fingerprint density at radius 3 is 2.29 bits per heavy atom. The molecule has 0 aliphatic rings. The molecule has 3 aromatic carbocycles. The van der Waals surface area contributed by atoms with Crippen LogP contribution in [-0.2, 0) is 17.8 Å². The lowest BCUT2D eigenvalue weighted by Crippen LogP contribution is -2.19. The SMILES string of the molecule is O=C(Cc1ccc([N+](=O)[O-])cc1)N/N=C\c1cc(I)c(OCc2ccccc2)c(I)c1. The fourth-order valence-electron chi connectivity index (χ4n) is 2.66. The Morgan fingerprint density at radius 1 is 1.03 bits per heavy atom. The first-order valence-corrected chi connectivity index (χ1v) is 11.3. The van der Waals surface area contributed by atoms with E-state index in [9.17, 15) is 14.9 Å². The zero-order valence-corrected chi connectivity index (χ0v) is 20.4. The first kappa shape index (κ1) is 23.1. The number of hydrazone groups is 1. The number of carbonyl (C=O) groups excluding carboxylic acids is 1. The van der Waals surface area contributed by atoms with E-state index < -0.39 is 4.92 Å². The molecule has 1 N–H and O–H groups in total. The van der Waals surface area contributed by atoms with E-state index in [0.717, 1.165) is 24.0 Å². The maximum absolute atomic E-state index is 12.0. The van der Waals surface area contributed by atoms with Crippen molar-refractivity contribution in [2.45, 2.75) is 13.0 Å². The molecular formula is C22H17I2N3O4. The summed E-state index contributed by atoms with van der Waals surface area (Å²) in [4.78, 5) is 22.2. The number of carbonyl (C=O) groups is 1. The molecule has 0 heterocycles. The van der Waals surface area contributed by atoms with Gasteiger partial charge in [-0.15, -0.1) is 0 Å². The van der Waals surface area contributed by atoms with Crippen molar-refractivity contribution in [3.63, 3.8) is 0 Å². The Bertz CT molecular complexity index is 1080. The zero-order valence-electron chi connectivity index (χ0n) is 16.1. The van der Waals surface area contributed by atoms with Crippen LogP contribution in [0.1, 0.15) is 16.7 Å². The van der Waals surface area contributed by atoms with Crippen LogP contribution in [-0.4, -0.2) is 17.0 Å². The fraction of sp³-hybridized carbons (Fsp3) is 0.0909. The molecule has 0 atom stereocenters. The van der Waals surface area contributed by atoms with Gasteiger partial charge in [0.15, 0.2) is 0 Å². The average molecular weight is 641 g/mol. The number of rotatable bonds is 8. The molecule has 0 radical (unpaired) electrons. The molecule has 3 aromatic rings. The van der Waals surface area contributed by atoms with Crippen LogP contribution in [0.3, 0.4) is 0 Å². The largest absolute Gasteiger partial charge is 0.487 e. The summed E-state index contributed by atoms with van der Waals surface area (Å²) < 4.78 is 7.86. The molecule has 0 unspecified atom stereocenters. The molecule has 9 heteroatoms. The second kappa shape index (κ2) is 11.2. The van der Waals surface area contributed by atoms with Crippen LogP contribution in [0.25, 0.3) is 0 Å². The topological polar surface area (TPSA) is 93.8 Å². The summed E-state index contributed by atoms with van der Waals surface area (Å²) in [6, 6.07) is 19.7. The highest BCUT2D eigenvalue weighted by Crippen LogP contribution is 2.29. The summed E-state index contributed by atoms with van der Waals surface area (Å²) in [6.45, 7) is 0.485. The predicted octanol–water partition coefficient (Wildman–Crippen LogP) is 5.08. The third kappa shape index (κ3) is 6.99. The van der Waals surface area contributed by atoms with Gasteiger partial charge in [-0.25, -0.2) is 5.43 Å². The van der Waals surface area contributed by atoms with Gasteiger partial charge in [0.1, 0.15) is 12.4 Å². The van der Waals surface area contributed by atoms with E-state index in [1.54, 1.807) is 18.3 Å². The maximum atomic E-state index is 12.0. The minimum absolute atomic E-state index is 0.0115. The smallest absolute Gasteiger partial charge is 0.269 e. The number of nitro benzene ring substituents is 1. The number of nitrogens with one attached hydrogen (secondary N) is 1. The van der Waals surface area contributed by atoms with E-state index in [4.69, 9.17) is 4.74 Å². The molecule has 7 nitrogen and oxygen atoms in total. The number of hydrogen-bond donors (Lipinski definition) is 1. The normalized spacial score (nSPS) is 10.8. The third-order valence-electron chi connectivity index (χ3n) is 4.16. The van der Waals surface area contributed by atoms with Crippen molar-refractivity contribution >= 4 is 63.0 Å². The Labute approximate surface area is 206 Å². The molecule has 1 amide bonds. The van der Waals surface area contributed by atoms with Crippen LogP contribution in [0.2, 0.25) is 0 Å². The van der Waals surface area contributed by atoms with Gasteiger partial charge >= 0.3 is 0 Å². The fourth-order valence-corrected chi connectivity index (χ4v) is 4.79. The van der Waals surface area contributed by atoms with Crippen molar-refractivity contribution in [3.05, 3.63) is 101 Å². The van der Waals surface area contributed by atoms with Crippen molar-refractivity contribution < 1.29 is 14.5 Å². The molecule has 0 aromatic heterocycles. The van der Waals surface area contributed by atoms with Gasteiger partial charge in [0, 0.05) is 12.1 Å². The lowest BCUT2D eigenvalue weighted by Gasteiger charge is -2.11. The van der Waals surface area contributed by atoms with E-state index in [-0.39, 0.29) is 18.0 Å². The van der Waals surface area contributed by atoms with Gasteiger partial charge in [0.05, 0.1) is 24.7 Å². The summed E-state index contributed by atoms with van der Waals surface area (Å²) in [6.07, 6.45) is 1.65. The van der Waals surface area contributed by atoms with Crippen molar-refractivity contribution in [1.82, 2.24) is 5.43 Å². The number of ether oxygens (including phenoxy) is 1. The molecule has 0 fully saturated rings. The molecule has 0 aliphatic carbocycles. The Kier molecular flexibility index (Phi) is 8.35. The number of benzene rings is 3. The maximum Gasteiger partial charge on any atom is 0.269 e. The van der Waals surface area contributed by atoms with Crippen LogP contribution in [0, 0.1) is 17.3 Å². The second-order valence-electron chi connectivity index (χ2n) is 6.48. The van der Waals surface area contributed by atoms with Gasteiger partial charge in [-0.3, -0.25) is 14.9 Å². The van der Waals surface area contributed by atoms with Crippen molar-refractivity contribution in [2.24, 2.45) is 5.10 Å². The third-order valence-corrected chi connectivity index (χ3v) is 5.76. The number of nitro groups is 1. The standard InChI is InChI=1S/C22H17I2N3O4/c23-19-10-17(11-20(24)22(19)31-14-16-4-2-1-3-5-16)13-25-26-21(28)12-15-6-8-18(9-7-15)27(29)30/h1-11,13H,12,14H2,(H,26,28)/b25-13-. The Hall–Kier alpha value is -2.54. The number of non-ortho nitro benzene ring substituents is 1. The first-order valence-electron chi connectivity index (χ1n) is 9.13. The summed E-state index contributed by atoms with van der Waals surface area (Å²) in [5.74, 6) is 0.502. The molecular weight excluding hydrogens is 624 g/mol. The average Bonchev–Trinajstić information content (AvgIpc) is 2.74. The van der Waals surface area contributed by atoms with Crippen LogP contribution in [0.5, 0.6) is 5.75 Å². The van der Waals surface area contributed by atoms with Crippen LogP contribution >= 0.6 is 45.2 Å². The molecule has 0 saturated heterocycles. The zero-order chi connectivity index (χ0) is 22.2. The number of amides is 1. The van der Waals surface area contributed by atoms with E-state index in [0.29, 0.717) is 12.2 Å². The monoisotopic (exact) mass is 641 g/mol. The van der Waals surface area contributed by atoms with Crippen molar-refractivity contribution in [2.75, 3.05) is 0 Å². The molecule has 0 spiro atoms. The van der Waals surface area contributed by atoms with Crippen LogP contribution in [0.4, 0.5) is 5.69 Å². The van der Waals surface area contributed by atoms with E-state index in [1.807, 2.05) is 42.5 Å². The lowest BCUT2D eigenvalue weighted by molar-refractivity contribution is -0.384. The molecule has 0 saturated carbocycles. The second-order valence-corrected chi connectivity index (χ2v) is 8.81. The van der Waals surface area contributed by atoms with E-state index >= 15 is 0 Å². The molecule has 31 heavy (non-hydrogen) atoms. The van der Waals surface area contributed by atoms with Gasteiger partial charge in [-0.05, 0) is 74.0 Å². The molecule has 0 bridgehead atoms. The highest BCUT2D eigenvalue weighted by molar-refractivity contribution is 14.1. The van der Waals surface area contributed by atoms with Gasteiger partial charge in [0.25, 0.3) is 5.69 Å². The number of nitrogens with zero attached hydrogens (tertiary/aromatic N) is 2. The summed E-state index contributed by atoms with van der Waals surface area (Å²) in [7, 11) is 0. The first-order chi connectivity index (χ1) is 14.9. The molecule has 0 aliphatic heterocycles. The summed E-state index contributed by atoms with van der Waals surface area (Å²) >= 11 is 4.43. The number of halogens is 2. The van der Waals surface area contributed by atoms with E-state index in [1.165, 1.54) is 12.1 Å². The molecule has 158 valence electrons. The highest BCUT2D eigenvalue weighted by Gasteiger charge is 2.10. The summed E-state index contributed by atoms with van der Waals surface area (Å²) in [5.41, 5.74) is 5.06. The van der Waals surface area contributed by atoms with Crippen molar-refractivity contribution in [1.29, 1.82) is 0 Å². The van der Waals surface area contributed by atoms with Gasteiger partial charge in [-0.1, -0.05) is 42.5 Å².